The highest BCUT2D eigenvalue weighted by Crippen LogP contribution is 2.55. The monoisotopic (exact) mass is 954 g/mol. The molecule has 68 heavy (non-hydrogen) atoms. The van der Waals surface area contributed by atoms with Gasteiger partial charge in [-0.25, -0.2) is 19.2 Å². The lowest BCUT2D eigenvalue weighted by Gasteiger charge is -2.42. The Morgan fingerprint density at radius 1 is 0.559 bits per heavy atom. The number of esters is 4. The van der Waals surface area contributed by atoms with Gasteiger partial charge in [0.1, 0.15) is 18.6 Å². The zero-order chi connectivity index (χ0) is 50.0. The number of rotatable bonds is 7. The molecule has 5 atom stereocenters. The van der Waals surface area contributed by atoms with Gasteiger partial charge in [-0.05, 0) is 36.4 Å². The fraction of sp³-hybridized carbons (Fsp3) is 0.146. The summed E-state index contributed by atoms with van der Waals surface area (Å²) in [5, 5.41) is 167. The average Bonchev–Trinajstić information content (AvgIpc) is 3.29. The Bertz CT molecular complexity index is 2970. The van der Waals surface area contributed by atoms with Crippen LogP contribution in [0.25, 0.3) is 11.1 Å². The van der Waals surface area contributed by atoms with E-state index in [2.05, 4.69) is 0 Å². The number of carbonyl (C=O) groups excluding carboxylic acids is 4. The van der Waals surface area contributed by atoms with E-state index in [-0.39, 0.29) is 0 Å². The second-order valence-corrected chi connectivity index (χ2v) is 14.4. The first-order chi connectivity index (χ1) is 31.9. The highest BCUT2D eigenvalue weighted by atomic mass is 16.7. The molecule has 7 rings (SSSR count). The predicted octanol–water partition coefficient (Wildman–Crippen LogP) is 1.58. The van der Waals surface area contributed by atoms with Crippen LogP contribution in [0.4, 0.5) is 0 Å². The molecular weight excluding hydrogens is 924 g/mol. The number of aromatic carboxylic acids is 1. The number of cyclic esters (lactones) is 1. The van der Waals surface area contributed by atoms with Gasteiger partial charge in [-0.1, -0.05) is 0 Å². The van der Waals surface area contributed by atoms with Gasteiger partial charge in [0.25, 0.3) is 0 Å². The Labute approximate surface area is 374 Å². The minimum absolute atomic E-state index is 0.364. The molecule has 0 aromatic heterocycles. The summed E-state index contributed by atoms with van der Waals surface area (Å²) in [7, 11) is 0. The van der Waals surface area contributed by atoms with E-state index in [1.807, 2.05) is 0 Å². The number of hydrogen-bond acceptors (Lipinski definition) is 26. The molecule has 0 aliphatic carbocycles. The van der Waals surface area contributed by atoms with Gasteiger partial charge < -0.3 is 110 Å². The maximum atomic E-state index is 14.3. The van der Waals surface area contributed by atoms with Crippen LogP contribution in [0.15, 0.2) is 42.5 Å². The summed E-state index contributed by atoms with van der Waals surface area (Å²) in [5.41, 5.74) is -5.80. The third kappa shape index (κ3) is 7.96. The van der Waals surface area contributed by atoms with E-state index in [0.29, 0.717) is 42.5 Å². The molecular formula is C41H30O27. The molecule has 5 aromatic carbocycles. The summed E-state index contributed by atoms with van der Waals surface area (Å²) in [5.74, 6) is -32.7. The van der Waals surface area contributed by atoms with Crippen molar-refractivity contribution in [3.8, 4) is 109 Å². The van der Waals surface area contributed by atoms with Crippen molar-refractivity contribution in [3.63, 3.8) is 0 Å². The van der Waals surface area contributed by atoms with Gasteiger partial charge in [0, 0.05) is 17.2 Å². The summed E-state index contributed by atoms with van der Waals surface area (Å²) in [6.07, 6.45) is -9.81. The van der Waals surface area contributed by atoms with Crippen LogP contribution in [0.3, 0.4) is 0 Å². The number of carboxylic acids is 1. The quantitative estimate of drug-likeness (QED) is 0.0476. The van der Waals surface area contributed by atoms with E-state index >= 15 is 0 Å². The van der Waals surface area contributed by atoms with Crippen molar-refractivity contribution in [1.82, 2.24) is 0 Å². The Balaban J connectivity index is 1.38. The molecule has 0 amide bonds. The van der Waals surface area contributed by atoms with Crippen molar-refractivity contribution >= 4 is 29.8 Å². The molecule has 2 heterocycles. The number of carboxylic acid groups (broad SMARTS) is 1. The molecule has 2 aliphatic rings. The highest BCUT2D eigenvalue weighted by molar-refractivity contribution is 6.08. The summed E-state index contributed by atoms with van der Waals surface area (Å²) in [6.45, 7) is -1.23. The molecule has 1 saturated heterocycles. The zero-order valence-electron chi connectivity index (χ0n) is 33.3. The van der Waals surface area contributed by atoms with E-state index in [1.54, 1.807) is 0 Å². The normalized spacial score (nSPS) is 18.9. The summed E-state index contributed by atoms with van der Waals surface area (Å²) >= 11 is 0. The van der Waals surface area contributed by atoms with E-state index < -0.39 is 198 Å². The SMILES string of the molecule is O=C(O)c1cc(O)c(O)c(Oc2c(OC(=O)C3C(O)OC4COC(=O)c5cc(O)c(O)c(O)c5-c5c(cc(O)c(O)c5O)C(=O)OC4C3OC(=O)c3cc(O)c(O)c(O)c3)cc(O)c(O)c2O)c1. The fourth-order valence-electron chi connectivity index (χ4n) is 6.90. The number of fused-ring (bicyclic) bond motifs is 4. The second-order valence-electron chi connectivity index (χ2n) is 14.4. The standard InChI is InChI=1S/C41H30O27/c42-13-2-10(3-14(43)25(13)48)37(58)68-35-24(40(61)65-20-7-18(47)29(52)32(55)33(20)64-19-4-9(36(56)57)1-15(44)26(19)49)41(62)66-21-8-63-38(59)11-5-16(45)27(50)30(53)22(11)23-12(39(60)67-34(21)35)6-17(46)28(51)31(23)54/h1-7,21,24,34-35,41-55,62H,8H2,(H,56,57). The molecule has 0 saturated carbocycles. The first kappa shape index (κ1) is 46.4. The molecule has 1 fully saturated rings. The molecule has 27 heteroatoms. The van der Waals surface area contributed by atoms with E-state index in [4.69, 9.17) is 28.4 Å². The molecule has 27 nitrogen and oxygen atoms in total. The lowest BCUT2D eigenvalue weighted by molar-refractivity contribution is -0.266. The molecule has 356 valence electrons. The second kappa shape index (κ2) is 17.1. The van der Waals surface area contributed by atoms with Crippen LogP contribution in [-0.4, -0.2) is 143 Å². The minimum Gasteiger partial charge on any atom is -0.504 e. The molecule has 0 spiro atoms. The van der Waals surface area contributed by atoms with Crippen LogP contribution in [0.1, 0.15) is 41.4 Å². The smallest absolute Gasteiger partial charge is 0.339 e. The van der Waals surface area contributed by atoms with Gasteiger partial charge in [0.15, 0.2) is 81.7 Å². The molecule has 5 unspecified atom stereocenters. The number of aromatic hydroxyl groups is 14. The summed E-state index contributed by atoms with van der Waals surface area (Å²) < 4.78 is 32.5. The maximum absolute atomic E-state index is 14.3. The third-order valence-corrected chi connectivity index (χ3v) is 10.2. The number of phenols is 14. The fourth-order valence-corrected chi connectivity index (χ4v) is 6.90. The summed E-state index contributed by atoms with van der Waals surface area (Å²) in [6, 6.07) is 3.41. The number of aliphatic hydroxyl groups excluding tert-OH is 1. The Morgan fingerprint density at radius 2 is 1.06 bits per heavy atom. The largest absolute Gasteiger partial charge is 0.504 e. The van der Waals surface area contributed by atoms with Crippen LogP contribution in [0, 0.1) is 5.92 Å². The number of ether oxygens (including phenoxy) is 6. The van der Waals surface area contributed by atoms with Crippen molar-refractivity contribution in [2.75, 3.05) is 6.61 Å². The summed E-state index contributed by atoms with van der Waals surface area (Å²) in [4.78, 5) is 67.8. The van der Waals surface area contributed by atoms with Crippen LogP contribution >= 0.6 is 0 Å². The van der Waals surface area contributed by atoms with Crippen molar-refractivity contribution in [2.24, 2.45) is 5.92 Å². The number of aliphatic hydroxyl groups is 1. The highest BCUT2D eigenvalue weighted by Gasteiger charge is 2.55. The zero-order valence-corrected chi connectivity index (χ0v) is 33.3. The lowest BCUT2D eigenvalue weighted by Crippen LogP contribution is -2.61. The van der Waals surface area contributed by atoms with Crippen molar-refractivity contribution in [3.05, 3.63) is 64.7 Å². The first-order valence-electron chi connectivity index (χ1n) is 18.6. The first-order valence-corrected chi connectivity index (χ1v) is 18.6. The Kier molecular flexibility index (Phi) is 11.6. The number of carbonyl (C=O) groups is 5. The van der Waals surface area contributed by atoms with Gasteiger partial charge >= 0.3 is 29.8 Å². The van der Waals surface area contributed by atoms with Gasteiger partial charge in [0.05, 0.1) is 22.3 Å². The van der Waals surface area contributed by atoms with E-state index in [0.717, 1.165) is 0 Å². The Morgan fingerprint density at radius 3 is 1.63 bits per heavy atom. The van der Waals surface area contributed by atoms with Crippen molar-refractivity contribution in [2.45, 2.75) is 24.6 Å². The minimum atomic E-state index is -2.68. The number of phenolic OH excluding ortho intramolecular Hbond substituents is 14. The van der Waals surface area contributed by atoms with Crippen LogP contribution < -0.4 is 9.47 Å². The third-order valence-electron chi connectivity index (χ3n) is 10.2. The molecule has 0 radical (unpaired) electrons. The lowest BCUT2D eigenvalue weighted by atomic mass is 9.90. The topological polar surface area (TPSA) is 464 Å². The maximum Gasteiger partial charge on any atom is 0.339 e. The number of benzene rings is 5. The van der Waals surface area contributed by atoms with Crippen molar-refractivity contribution in [1.29, 1.82) is 0 Å². The van der Waals surface area contributed by atoms with Crippen LogP contribution in [-0.2, 0) is 23.7 Å². The molecule has 5 aromatic rings. The molecule has 0 bridgehead atoms. The van der Waals surface area contributed by atoms with Gasteiger partial charge in [-0.15, -0.1) is 0 Å². The van der Waals surface area contributed by atoms with E-state index in [1.165, 1.54) is 0 Å². The van der Waals surface area contributed by atoms with Gasteiger partial charge in [-0.2, -0.15) is 0 Å². The van der Waals surface area contributed by atoms with Crippen LogP contribution in [0.5, 0.6) is 97.7 Å². The van der Waals surface area contributed by atoms with E-state index in [9.17, 15) is 106 Å². The Hall–Kier alpha value is -9.63. The molecule has 2 aliphatic heterocycles. The molecule has 16 N–H and O–H groups in total. The average molecular weight is 955 g/mol. The van der Waals surface area contributed by atoms with Gasteiger partial charge in [0.2, 0.25) is 34.5 Å². The van der Waals surface area contributed by atoms with Gasteiger partial charge in [-0.3, -0.25) is 4.79 Å². The van der Waals surface area contributed by atoms with Crippen molar-refractivity contribution < 1.29 is 134 Å². The van der Waals surface area contributed by atoms with Crippen LogP contribution in [0.2, 0.25) is 0 Å². The number of hydrogen-bond donors (Lipinski definition) is 16. The predicted molar refractivity (Wildman–Crippen MR) is 210 cm³/mol.